The zero-order valence-electron chi connectivity index (χ0n) is 7.56. The Balaban J connectivity index is 2.78. The average Bonchev–Trinajstić information content (AvgIpc) is 1.79. The third-order valence-electron chi connectivity index (χ3n) is 2.24. The number of ether oxygens (including phenoxy) is 1. The summed E-state index contributed by atoms with van der Waals surface area (Å²) in [5, 5.41) is 9.67. The third-order valence-corrected chi connectivity index (χ3v) is 2.98. The van der Waals surface area contributed by atoms with E-state index in [0.29, 0.717) is 0 Å². The summed E-state index contributed by atoms with van der Waals surface area (Å²) in [6.07, 6.45) is -0.764. The van der Waals surface area contributed by atoms with Crippen LogP contribution in [0, 0.1) is 0 Å². The van der Waals surface area contributed by atoms with Crippen LogP contribution in [0.5, 0.6) is 0 Å². The summed E-state index contributed by atoms with van der Waals surface area (Å²) in [7, 11) is 0. The second-order valence-electron chi connectivity index (χ2n) is 3.69. The number of halogens is 3. The zero-order valence-corrected chi connectivity index (χ0v) is 9.14. The Kier molecular flexibility index (Phi) is 3.00. The molecule has 0 spiro atoms. The smallest absolute Gasteiger partial charge is 0.329 e. The fraction of sp³-hybridized carbons (Fsp3) is 1.00. The van der Waals surface area contributed by atoms with Crippen molar-refractivity contribution in [3.05, 3.63) is 0 Å². The van der Waals surface area contributed by atoms with Gasteiger partial charge in [0.2, 0.25) is 0 Å². The van der Waals surface area contributed by atoms with Gasteiger partial charge >= 0.3 is 4.83 Å². The molecule has 1 N–H and O–H groups in total. The standard InChI is InChI=1S/C8H13BrF2O2/c1-5-3-7(12,8(9,10)11)4-6(2)13-5/h5-6,12H,3-4H2,1-2H3. The van der Waals surface area contributed by atoms with E-state index >= 15 is 0 Å². The highest BCUT2D eigenvalue weighted by Crippen LogP contribution is 2.44. The molecule has 0 bridgehead atoms. The van der Waals surface area contributed by atoms with Crippen LogP contribution in [0.1, 0.15) is 26.7 Å². The number of hydrogen-bond acceptors (Lipinski definition) is 2. The molecule has 78 valence electrons. The van der Waals surface area contributed by atoms with E-state index in [1.165, 1.54) is 0 Å². The second-order valence-corrected chi connectivity index (χ2v) is 4.69. The number of rotatable bonds is 1. The van der Waals surface area contributed by atoms with Crippen LogP contribution >= 0.6 is 15.9 Å². The summed E-state index contributed by atoms with van der Waals surface area (Å²) in [6.45, 7) is 3.36. The first-order valence-electron chi connectivity index (χ1n) is 4.19. The molecule has 1 fully saturated rings. The molecule has 5 heteroatoms. The lowest BCUT2D eigenvalue weighted by Crippen LogP contribution is -2.52. The first kappa shape index (κ1) is 11.3. The van der Waals surface area contributed by atoms with Crippen LogP contribution in [0.25, 0.3) is 0 Å². The van der Waals surface area contributed by atoms with Crippen LogP contribution in [-0.2, 0) is 4.74 Å². The van der Waals surface area contributed by atoms with Gasteiger partial charge in [0.25, 0.3) is 0 Å². The Morgan fingerprint density at radius 3 is 2.08 bits per heavy atom. The first-order chi connectivity index (χ1) is 5.74. The van der Waals surface area contributed by atoms with Gasteiger partial charge in [0.15, 0.2) is 0 Å². The van der Waals surface area contributed by atoms with E-state index in [1.54, 1.807) is 13.8 Å². The van der Waals surface area contributed by atoms with Gasteiger partial charge in [-0.15, -0.1) is 0 Å². The van der Waals surface area contributed by atoms with Crippen LogP contribution in [0.4, 0.5) is 8.78 Å². The van der Waals surface area contributed by atoms with Crippen molar-refractivity contribution in [1.82, 2.24) is 0 Å². The van der Waals surface area contributed by atoms with Crippen molar-refractivity contribution in [3.63, 3.8) is 0 Å². The van der Waals surface area contributed by atoms with Gasteiger partial charge in [-0.1, -0.05) is 0 Å². The van der Waals surface area contributed by atoms with E-state index in [4.69, 9.17) is 4.74 Å². The summed E-state index contributed by atoms with van der Waals surface area (Å²) in [5.41, 5.74) is -1.98. The number of alkyl halides is 3. The minimum absolute atomic E-state index is 0.0460. The van der Waals surface area contributed by atoms with Crippen LogP contribution < -0.4 is 0 Å². The Hall–Kier alpha value is 0.260. The van der Waals surface area contributed by atoms with Gasteiger partial charge in [-0.3, -0.25) is 0 Å². The molecule has 0 saturated carbocycles. The summed E-state index contributed by atoms with van der Waals surface area (Å²) < 4.78 is 31.2. The molecule has 1 aliphatic rings. The van der Waals surface area contributed by atoms with Gasteiger partial charge in [-0.2, -0.15) is 8.78 Å². The third kappa shape index (κ3) is 2.39. The average molecular weight is 259 g/mol. The molecule has 1 heterocycles. The van der Waals surface area contributed by atoms with Crippen LogP contribution in [0.3, 0.4) is 0 Å². The van der Waals surface area contributed by atoms with E-state index in [9.17, 15) is 13.9 Å². The molecule has 0 aromatic heterocycles. The fourth-order valence-electron chi connectivity index (χ4n) is 1.76. The van der Waals surface area contributed by atoms with Gasteiger partial charge in [0, 0.05) is 12.8 Å². The van der Waals surface area contributed by atoms with Gasteiger partial charge in [-0.05, 0) is 29.8 Å². The maximum atomic E-state index is 13.0. The normalized spacial score (nSPS) is 42.0. The van der Waals surface area contributed by atoms with Crippen molar-refractivity contribution in [3.8, 4) is 0 Å². The Morgan fingerprint density at radius 1 is 1.38 bits per heavy atom. The lowest BCUT2D eigenvalue weighted by molar-refractivity contribution is -0.197. The molecule has 0 radical (unpaired) electrons. The van der Waals surface area contributed by atoms with Crippen molar-refractivity contribution in [2.45, 2.75) is 49.3 Å². The van der Waals surface area contributed by atoms with E-state index in [0.717, 1.165) is 0 Å². The minimum atomic E-state index is -3.24. The summed E-state index contributed by atoms with van der Waals surface area (Å²) in [4.78, 5) is -3.24. The van der Waals surface area contributed by atoms with Crippen molar-refractivity contribution in [2.75, 3.05) is 0 Å². The lowest BCUT2D eigenvalue weighted by Gasteiger charge is -2.41. The van der Waals surface area contributed by atoms with Crippen molar-refractivity contribution >= 4 is 15.9 Å². The first-order valence-corrected chi connectivity index (χ1v) is 4.98. The second kappa shape index (κ2) is 3.44. The van der Waals surface area contributed by atoms with Crippen LogP contribution in [0.15, 0.2) is 0 Å². The van der Waals surface area contributed by atoms with E-state index < -0.39 is 10.4 Å². The SMILES string of the molecule is CC1CC(O)(C(F)(F)Br)CC(C)O1. The molecule has 2 unspecified atom stereocenters. The summed E-state index contributed by atoms with van der Waals surface area (Å²) in [5.74, 6) is 0. The molecule has 0 aliphatic carbocycles. The van der Waals surface area contributed by atoms with Crippen molar-refractivity contribution < 1.29 is 18.6 Å². The maximum Gasteiger partial charge on any atom is 0.329 e. The van der Waals surface area contributed by atoms with E-state index in [2.05, 4.69) is 15.9 Å². The monoisotopic (exact) mass is 258 g/mol. The Bertz CT molecular complexity index is 183. The highest BCUT2D eigenvalue weighted by Gasteiger charge is 2.54. The molecule has 1 aliphatic heterocycles. The van der Waals surface area contributed by atoms with Gasteiger partial charge in [0.05, 0.1) is 12.2 Å². The minimum Gasteiger partial charge on any atom is -0.382 e. The van der Waals surface area contributed by atoms with Gasteiger partial charge in [0.1, 0.15) is 5.60 Å². The number of hydrogen-bond donors (Lipinski definition) is 1. The molecule has 13 heavy (non-hydrogen) atoms. The largest absolute Gasteiger partial charge is 0.382 e. The molecule has 2 nitrogen and oxygen atoms in total. The molecular formula is C8H13BrF2O2. The van der Waals surface area contributed by atoms with Gasteiger partial charge in [-0.25, -0.2) is 0 Å². The highest BCUT2D eigenvalue weighted by molar-refractivity contribution is 9.10. The predicted octanol–water partition coefficient (Wildman–Crippen LogP) is 2.29. The predicted molar refractivity (Wildman–Crippen MR) is 48.1 cm³/mol. The topological polar surface area (TPSA) is 29.5 Å². The van der Waals surface area contributed by atoms with Crippen LogP contribution in [-0.4, -0.2) is 27.7 Å². The Labute approximate surface area is 84.4 Å². The molecule has 0 aromatic carbocycles. The molecule has 0 amide bonds. The number of aliphatic hydroxyl groups is 1. The quantitative estimate of drug-likeness (QED) is 0.732. The van der Waals surface area contributed by atoms with Crippen LogP contribution in [0.2, 0.25) is 0 Å². The lowest BCUT2D eigenvalue weighted by atomic mass is 9.88. The Morgan fingerprint density at radius 2 is 1.77 bits per heavy atom. The summed E-state index contributed by atoms with van der Waals surface area (Å²) in [6, 6.07) is 0. The molecule has 2 atom stereocenters. The fourth-order valence-corrected chi connectivity index (χ4v) is 2.08. The van der Waals surface area contributed by atoms with Crippen molar-refractivity contribution in [2.24, 2.45) is 0 Å². The highest BCUT2D eigenvalue weighted by atomic mass is 79.9. The molecule has 1 saturated heterocycles. The van der Waals surface area contributed by atoms with E-state index in [1.807, 2.05) is 0 Å². The van der Waals surface area contributed by atoms with Gasteiger partial charge < -0.3 is 9.84 Å². The van der Waals surface area contributed by atoms with E-state index in [-0.39, 0.29) is 25.0 Å². The maximum absolute atomic E-state index is 13.0. The molecule has 0 aromatic rings. The molecular weight excluding hydrogens is 246 g/mol. The zero-order chi connectivity index (χ0) is 10.3. The van der Waals surface area contributed by atoms with Crippen molar-refractivity contribution in [1.29, 1.82) is 0 Å². The molecule has 1 rings (SSSR count). The summed E-state index contributed by atoms with van der Waals surface area (Å²) >= 11 is 2.21.